The molecule has 0 heterocycles. The standard InChI is InChI=1S/C21H21NO5/c1-26-11-12-27-18-7-4-15(5-8-18)16-6-9-19-17(13-16)3-2-10-21(19,14-23)22-20(24)25/h2,4-10,13-14,22H,3,11-12H2,1H3,(H,24,25)/t21-/m1/s1. The number of fused-ring (bicyclic) bond motifs is 1. The van der Waals surface area contributed by atoms with Crippen LogP contribution >= 0.6 is 0 Å². The number of benzene rings is 2. The molecule has 0 aromatic heterocycles. The summed E-state index contributed by atoms with van der Waals surface area (Å²) in [5.41, 5.74) is 2.23. The minimum Gasteiger partial charge on any atom is -0.491 e. The van der Waals surface area contributed by atoms with Gasteiger partial charge in [-0.15, -0.1) is 0 Å². The predicted octanol–water partition coefficient (Wildman–Crippen LogP) is 3.15. The Labute approximate surface area is 157 Å². The zero-order valence-corrected chi connectivity index (χ0v) is 15.0. The molecule has 27 heavy (non-hydrogen) atoms. The molecule has 1 atom stereocenters. The summed E-state index contributed by atoms with van der Waals surface area (Å²) in [6, 6.07) is 13.4. The SMILES string of the molecule is COCCOc1ccc(-c2ccc3c(c2)CC=C[C@]3(C=O)NC(=O)O)cc1. The van der Waals surface area contributed by atoms with Gasteiger partial charge in [-0.2, -0.15) is 0 Å². The molecule has 0 saturated heterocycles. The summed E-state index contributed by atoms with van der Waals surface area (Å²) in [6.07, 6.45) is 3.43. The van der Waals surface area contributed by atoms with Crippen LogP contribution in [0.25, 0.3) is 11.1 Å². The van der Waals surface area contributed by atoms with E-state index in [1.54, 1.807) is 13.2 Å². The van der Waals surface area contributed by atoms with Gasteiger partial charge < -0.3 is 19.9 Å². The third kappa shape index (κ3) is 4.01. The van der Waals surface area contributed by atoms with E-state index < -0.39 is 11.6 Å². The van der Waals surface area contributed by atoms with Gasteiger partial charge in [-0.05, 0) is 40.8 Å². The molecule has 2 aromatic carbocycles. The summed E-state index contributed by atoms with van der Waals surface area (Å²) in [4.78, 5) is 22.8. The highest BCUT2D eigenvalue weighted by atomic mass is 16.5. The molecule has 2 N–H and O–H groups in total. The molecule has 3 rings (SSSR count). The first-order valence-electron chi connectivity index (χ1n) is 8.59. The van der Waals surface area contributed by atoms with Gasteiger partial charge >= 0.3 is 6.09 Å². The fourth-order valence-corrected chi connectivity index (χ4v) is 3.21. The van der Waals surface area contributed by atoms with Crippen molar-refractivity contribution in [1.82, 2.24) is 5.32 Å². The number of carbonyl (C=O) groups is 2. The quantitative estimate of drug-likeness (QED) is 0.446. The summed E-state index contributed by atoms with van der Waals surface area (Å²) < 4.78 is 10.5. The van der Waals surface area contributed by atoms with Crippen LogP contribution in [0.15, 0.2) is 54.6 Å². The van der Waals surface area contributed by atoms with Crippen molar-refractivity contribution >= 4 is 12.4 Å². The maximum atomic E-state index is 11.7. The van der Waals surface area contributed by atoms with Gasteiger partial charge in [0.15, 0.2) is 6.29 Å². The molecular weight excluding hydrogens is 346 g/mol. The van der Waals surface area contributed by atoms with Crippen LogP contribution < -0.4 is 10.1 Å². The van der Waals surface area contributed by atoms with Gasteiger partial charge in [0.1, 0.15) is 17.9 Å². The number of allylic oxidation sites excluding steroid dienone is 1. The Bertz CT molecular complexity index is 859. The van der Waals surface area contributed by atoms with Crippen LogP contribution in [-0.2, 0) is 21.5 Å². The topological polar surface area (TPSA) is 84.9 Å². The second-order valence-electron chi connectivity index (χ2n) is 6.26. The van der Waals surface area contributed by atoms with Gasteiger partial charge in [-0.25, -0.2) is 4.79 Å². The summed E-state index contributed by atoms with van der Waals surface area (Å²) in [5, 5.41) is 11.4. The molecule has 1 aliphatic carbocycles. The molecule has 0 spiro atoms. The number of carboxylic acid groups (broad SMARTS) is 1. The van der Waals surface area contributed by atoms with Gasteiger partial charge in [0, 0.05) is 7.11 Å². The lowest BCUT2D eigenvalue weighted by atomic mass is 9.81. The van der Waals surface area contributed by atoms with Crippen LogP contribution in [0.1, 0.15) is 11.1 Å². The fourth-order valence-electron chi connectivity index (χ4n) is 3.21. The first-order chi connectivity index (χ1) is 13.1. The van der Waals surface area contributed by atoms with Gasteiger partial charge in [0.2, 0.25) is 0 Å². The molecule has 140 valence electrons. The Morgan fingerprint density at radius 1 is 1.19 bits per heavy atom. The van der Waals surface area contributed by atoms with Crippen molar-refractivity contribution in [2.24, 2.45) is 0 Å². The zero-order valence-electron chi connectivity index (χ0n) is 15.0. The van der Waals surface area contributed by atoms with E-state index in [-0.39, 0.29) is 0 Å². The Morgan fingerprint density at radius 2 is 1.93 bits per heavy atom. The monoisotopic (exact) mass is 367 g/mol. The molecule has 6 heteroatoms. The molecule has 1 amide bonds. The highest BCUT2D eigenvalue weighted by Crippen LogP contribution is 2.33. The van der Waals surface area contributed by atoms with E-state index in [0.717, 1.165) is 22.4 Å². The lowest BCUT2D eigenvalue weighted by molar-refractivity contribution is -0.112. The van der Waals surface area contributed by atoms with Crippen molar-refractivity contribution in [3.05, 3.63) is 65.7 Å². The molecule has 0 bridgehead atoms. The normalized spacial score (nSPS) is 17.8. The van der Waals surface area contributed by atoms with Gasteiger partial charge in [0.05, 0.1) is 6.61 Å². The summed E-state index contributed by atoms with van der Waals surface area (Å²) in [6.45, 7) is 1.02. The fraction of sp³-hybridized carbons (Fsp3) is 0.238. The van der Waals surface area contributed by atoms with E-state index in [1.165, 1.54) is 0 Å². The number of rotatable bonds is 7. The molecule has 0 fully saturated rings. The zero-order chi connectivity index (χ0) is 19.3. The first-order valence-corrected chi connectivity index (χ1v) is 8.59. The minimum atomic E-state index is -1.34. The average molecular weight is 367 g/mol. The highest BCUT2D eigenvalue weighted by molar-refractivity contribution is 5.81. The number of nitrogens with one attached hydrogen (secondary N) is 1. The lowest BCUT2D eigenvalue weighted by Gasteiger charge is -2.30. The van der Waals surface area contributed by atoms with E-state index in [4.69, 9.17) is 14.6 Å². The number of hydrogen-bond donors (Lipinski definition) is 2. The number of ether oxygens (including phenoxy) is 2. The number of aldehydes is 1. The van der Waals surface area contributed by atoms with Crippen molar-refractivity contribution in [3.63, 3.8) is 0 Å². The maximum Gasteiger partial charge on any atom is 0.405 e. The molecule has 6 nitrogen and oxygen atoms in total. The third-order valence-corrected chi connectivity index (χ3v) is 4.51. The van der Waals surface area contributed by atoms with E-state index in [1.807, 2.05) is 48.5 Å². The Hall–Kier alpha value is -3.12. The summed E-state index contributed by atoms with van der Waals surface area (Å²) in [5.74, 6) is 0.766. The predicted molar refractivity (Wildman–Crippen MR) is 101 cm³/mol. The van der Waals surface area contributed by atoms with Crippen molar-refractivity contribution in [3.8, 4) is 16.9 Å². The second-order valence-corrected chi connectivity index (χ2v) is 6.26. The van der Waals surface area contributed by atoms with Crippen LogP contribution in [0.5, 0.6) is 5.75 Å². The van der Waals surface area contributed by atoms with E-state index >= 15 is 0 Å². The third-order valence-electron chi connectivity index (χ3n) is 4.51. The molecule has 0 aliphatic heterocycles. The van der Waals surface area contributed by atoms with Crippen LogP contribution in [-0.4, -0.2) is 37.8 Å². The Morgan fingerprint density at radius 3 is 2.59 bits per heavy atom. The number of methoxy groups -OCH3 is 1. The maximum absolute atomic E-state index is 11.7. The van der Waals surface area contributed by atoms with Gasteiger partial charge in [0.25, 0.3) is 0 Å². The molecule has 0 radical (unpaired) electrons. The van der Waals surface area contributed by atoms with Crippen molar-refractivity contribution in [2.75, 3.05) is 20.3 Å². The van der Waals surface area contributed by atoms with Gasteiger partial charge in [-0.1, -0.05) is 42.5 Å². The van der Waals surface area contributed by atoms with E-state index in [0.29, 0.717) is 31.5 Å². The van der Waals surface area contributed by atoms with Gasteiger partial charge in [-0.3, -0.25) is 4.79 Å². The molecule has 0 unspecified atom stereocenters. The molecule has 0 saturated carbocycles. The Balaban J connectivity index is 1.86. The molecule has 1 aliphatic rings. The minimum absolute atomic E-state index is 0.491. The van der Waals surface area contributed by atoms with Crippen LogP contribution in [0.4, 0.5) is 4.79 Å². The number of amides is 1. The van der Waals surface area contributed by atoms with Crippen molar-refractivity contribution in [2.45, 2.75) is 12.0 Å². The Kier molecular flexibility index (Phi) is 5.57. The van der Waals surface area contributed by atoms with Crippen LogP contribution in [0.3, 0.4) is 0 Å². The molecular formula is C21H21NO5. The van der Waals surface area contributed by atoms with E-state index in [9.17, 15) is 9.59 Å². The van der Waals surface area contributed by atoms with Crippen LogP contribution in [0.2, 0.25) is 0 Å². The highest BCUT2D eigenvalue weighted by Gasteiger charge is 2.35. The first kappa shape index (κ1) is 18.7. The summed E-state index contributed by atoms with van der Waals surface area (Å²) in [7, 11) is 1.63. The smallest absolute Gasteiger partial charge is 0.405 e. The van der Waals surface area contributed by atoms with Crippen molar-refractivity contribution in [1.29, 1.82) is 0 Å². The second kappa shape index (κ2) is 8.05. The largest absolute Gasteiger partial charge is 0.491 e. The number of carbonyl (C=O) groups excluding carboxylic acids is 1. The van der Waals surface area contributed by atoms with E-state index in [2.05, 4.69) is 5.32 Å². The lowest BCUT2D eigenvalue weighted by Crippen LogP contribution is -2.46. The summed E-state index contributed by atoms with van der Waals surface area (Å²) >= 11 is 0. The number of hydrogen-bond acceptors (Lipinski definition) is 4. The van der Waals surface area contributed by atoms with Crippen molar-refractivity contribution < 1.29 is 24.2 Å². The van der Waals surface area contributed by atoms with Crippen LogP contribution in [0, 0.1) is 0 Å². The molecule has 2 aromatic rings. The average Bonchev–Trinajstić information content (AvgIpc) is 2.68.